The van der Waals surface area contributed by atoms with Gasteiger partial charge in [0.15, 0.2) is 5.96 Å². The van der Waals surface area contributed by atoms with Crippen LogP contribution < -0.4 is 15.4 Å². The molecule has 1 aliphatic heterocycles. The Morgan fingerprint density at radius 2 is 2.00 bits per heavy atom. The van der Waals surface area contributed by atoms with E-state index in [-0.39, 0.29) is 6.04 Å². The fourth-order valence-corrected chi connectivity index (χ4v) is 3.92. The smallest absolute Gasteiger partial charge is 0.191 e. The van der Waals surface area contributed by atoms with Gasteiger partial charge in [-0.1, -0.05) is 35.9 Å². The van der Waals surface area contributed by atoms with Crippen LogP contribution in [0.1, 0.15) is 36.9 Å². The average molecular weight is 430 g/mol. The van der Waals surface area contributed by atoms with Crippen molar-refractivity contribution in [2.24, 2.45) is 4.99 Å². The van der Waals surface area contributed by atoms with Crippen LogP contribution in [0.2, 0.25) is 5.15 Å². The van der Waals surface area contributed by atoms with E-state index in [0.717, 1.165) is 49.9 Å². The van der Waals surface area contributed by atoms with E-state index in [0.29, 0.717) is 11.7 Å². The maximum absolute atomic E-state index is 5.87. The van der Waals surface area contributed by atoms with Gasteiger partial charge < -0.3 is 15.4 Å². The first-order valence-corrected chi connectivity index (χ1v) is 11.1. The van der Waals surface area contributed by atoms with Crippen LogP contribution >= 0.6 is 11.6 Å². The molecule has 0 spiro atoms. The normalized spacial score (nSPS) is 15.8. The highest BCUT2D eigenvalue weighted by Gasteiger charge is 2.25. The number of rotatable bonds is 9. The van der Waals surface area contributed by atoms with Crippen molar-refractivity contribution in [1.29, 1.82) is 0 Å². The highest BCUT2D eigenvalue weighted by Crippen LogP contribution is 2.31. The van der Waals surface area contributed by atoms with Gasteiger partial charge >= 0.3 is 0 Å². The molecule has 1 atom stereocenters. The zero-order valence-corrected chi connectivity index (χ0v) is 18.7. The molecule has 6 nitrogen and oxygen atoms in total. The van der Waals surface area contributed by atoms with Gasteiger partial charge in [0.25, 0.3) is 0 Å². The Labute approximate surface area is 184 Å². The molecule has 2 aromatic rings. The van der Waals surface area contributed by atoms with Gasteiger partial charge in [0.05, 0.1) is 19.7 Å². The summed E-state index contributed by atoms with van der Waals surface area (Å²) in [5, 5.41) is 7.31. The Balaban J connectivity index is 1.68. The van der Waals surface area contributed by atoms with Gasteiger partial charge in [-0.05, 0) is 57.0 Å². The molecule has 1 aromatic heterocycles. The molecule has 3 rings (SSSR count). The van der Waals surface area contributed by atoms with Crippen molar-refractivity contribution in [2.75, 3.05) is 39.8 Å². The summed E-state index contributed by atoms with van der Waals surface area (Å²) in [5.74, 6) is 1.76. The SMILES string of the molecule is CCNC(=NCC(c1ccccc1OC)N1CCCC1)NCCc1ccc(Cl)nc1. The summed E-state index contributed by atoms with van der Waals surface area (Å²) in [6.07, 6.45) is 5.15. The van der Waals surface area contributed by atoms with E-state index in [2.05, 4.69) is 39.6 Å². The van der Waals surface area contributed by atoms with Crippen LogP contribution in [0.5, 0.6) is 5.75 Å². The first kappa shape index (κ1) is 22.4. The van der Waals surface area contributed by atoms with Crippen molar-refractivity contribution in [3.05, 3.63) is 58.9 Å². The first-order chi connectivity index (χ1) is 14.7. The quantitative estimate of drug-likeness (QED) is 0.361. The Morgan fingerprint density at radius 1 is 1.20 bits per heavy atom. The summed E-state index contributed by atoms with van der Waals surface area (Å²) < 4.78 is 5.64. The van der Waals surface area contributed by atoms with E-state index < -0.39 is 0 Å². The first-order valence-electron chi connectivity index (χ1n) is 10.7. The van der Waals surface area contributed by atoms with Crippen molar-refractivity contribution in [1.82, 2.24) is 20.5 Å². The molecule has 0 bridgehead atoms. The van der Waals surface area contributed by atoms with Gasteiger partial charge in [-0.25, -0.2) is 4.98 Å². The Kier molecular flexibility index (Phi) is 8.78. The zero-order valence-electron chi connectivity index (χ0n) is 17.9. The second-order valence-electron chi connectivity index (χ2n) is 7.39. The Bertz CT molecular complexity index is 805. The molecular formula is C23H32ClN5O. The van der Waals surface area contributed by atoms with Gasteiger partial charge in [0, 0.05) is 24.8 Å². The minimum absolute atomic E-state index is 0.208. The highest BCUT2D eigenvalue weighted by molar-refractivity contribution is 6.29. The Hall–Kier alpha value is -2.31. The molecule has 1 aromatic carbocycles. The maximum atomic E-state index is 5.87. The predicted molar refractivity (Wildman–Crippen MR) is 123 cm³/mol. The lowest BCUT2D eigenvalue weighted by Gasteiger charge is -2.28. The van der Waals surface area contributed by atoms with E-state index in [1.165, 1.54) is 18.4 Å². The summed E-state index contributed by atoms with van der Waals surface area (Å²) in [5.41, 5.74) is 2.35. The lowest BCUT2D eigenvalue weighted by atomic mass is 10.0. The number of halogens is 1. The molecule has 0 amide bonds. The molecular weight excluding hydrogens is 398 g/mol. The molecule has 30 heavy (non-hydrogen) atoms. The number of methoxy groups -OCH3 is 1. The molecule has 1 unspecified atom stereocenters. The number of likely N-dealkylation sites (tertiary alicyclic amines) is 1. The molecule has 1 fully saturated rings. The molecule has 0 aliphatic carbocycles. The lowest BCUT2D eigenvalue weighted by molar-refractivity contribution is 0.245. The zero-order chi connectivity index (χ0) is 21.2. The van der Waals surface area contributed by atoms with Crippen molar-refractivity contribution in [2.45, 2.75) is 32.2 Å². The number of nitrogens with zero attached hydrogens (tertiary/aromatic N) is 3. The van der Waals surface area contributed by atoms with Crippen LogP contribution in [-0.2, 0) is 6.42 Å². The molecule has 0 saturated carbocycles. The molecule has 1 aliphatic rings. The summed E-state index contributed by atoms with van der Waals surface area (Å²) in [6, 6.07) is 12.3. The number of hydrogen-bond donors (Lipinski definition) is 2. The van der Waals surface area contributed by atoms with Gasteiger partial charge in [-0.15, -0.1) is 0 Å². The van der Waals surface area contributed by atoms with E-state index in [9.17, 15) is 0 Å². The summed E-state index contributed by atoms with van der Waals surface area (Å²) >= 11 is 5.87. The third-order valence-corrected chi connectivity index (χ3v) is 5.56. The van der Waals surface area contributed by atoms with Crippen LogP contribution in [0.25, 0.3) is 0 Å². The number of nitrogens with one attached hydrogen (secondary N) is 2. The van der Waals surface area contributed by atoms with Crippen molar-refractivity contribution in [3.8, 4) is 5.75 Å². The molecule has 0 radical (unpaired) electrons. The van der Waals surface area contributed by atoms with Crippen LogP contribution in [-0.4, -0.2) is 55.7 Å². The lowest BCUT2D eigenvalue weighted by Crippen LogP contribution is -2.39. The fraction of sp³-hybridized carbons (Fsp3) is 0.478. The number of guanidine groups is 1. The third kappa shape index (κ3) is 6.34. The fourth-order valence-electron chi connectivity index (χ4n) is 3.80. The maximum Gasteiger partial charge on any atom is 0.191 e. The average Bonchev–Trinajstić information content (AvgIpc) is 3.30. The highest BCUT2D eigenvalue weighted by atomic mass is 35.5. The number of aromatic nitrogens is 1. The minimum atomic E-state index is 0.208. The van der Waals surface area contributed by atoms with E-state index in [4.69, 9.17) is 21.3 Å². The third-order valence-electron chi connectivity index (χ3n) is 5.34. The van der Waals surface area contributed by atoms with Crippen molar-refractivity contribution < 1.29 is 4.74 Å². The molecule has 7 heteroatoms. The Morgan fingerprint density at radius 3 is 2.70 bits per heavy atom. The summed E-state index contributed by atoms with van der Waals surface area (Å²) in [6.45, 7) is 6.56. The van der Waals surface area contributed by atoms with Crippen LogP contribution in [0.15, 0.2) is 47.6 Å². The number of hydrogen-bond acceptors (Lipinski definition) is 4. The van der Waals surface area contributed by atoms with Crippen LogP contribution in [0.4, 0.5) is 0 Å². The molecule has 1 saturated heterocycles. The van der Waals surface area contributed by atoms with Crippen LogP contribution in [0.3, 0.4) is 0 Å². The van der Waals surface area contributed by atoms with E-state index >= 15 is 0 Å². The number of benzene rings is 1. The van der Waals surface area contributed by atoms with Gasteiger partial charge in [0.1, 0.15) is 10.9 Å². The molecule has 2 N–H and O–H groups in total. The number of aliphatic imine (C=N–C) groups is 1. The number of ether oxygens (including phenoxy) is 1. The second-order valence-corrected chi connectivity index (χ2v) is 7.77. The molecule has 2 heterocycles. The second kappa shape index (κ2) is 11.8. The van der Waals surface area contributed by atoms with E-state index in [1.54, 1.807) is 7.11 Å². The van der Waals surface area contributed by atoms with Crippen molar-refractivity contribution in [3.63, 3.8) is 0 Å². The van der Waals surface area contributed by atoms with E-state index in [1.807, 2.05) is 30.5 Å². The standard InChI is InChI=1S/C23H32ClN5O/c1-3-25-23(26-13-12-18-10-11-22(24)27-16-18)28-17-20(29-14-6-7-15-29)19-8-4-5-9-21(19)30-2/h4-5,8-11,16,20H,3,6-7,12-15,17H2,1-2H3,(H2,25,26,28). The monoisotopic (exact) mass is 429 g/mol. The minimum Gasteiger partial charge on any atom is -0.496 e. The van der Waals surface area contributed by atoms with Crippen LogP contribution in [0, 0.1) is 0 Å². The molecule has 162 valence electrons. The largest absolute Gasteiger partial charge is 0.496 e. The predicted octanol–water partition coefficient (Wildman–Crippen LogP) is 3.68. The van der Waals surface area contributed by atoms with Gasteiger partial charge in [0.2, 0.25) is 0 Å². The van der Waals surface area contributed by atoms with Gasteiger partial charge in [-0.3, -0.25) is 9.89 Å². The topological polar surface area (TPSA) is 61.8 Å². The number of para-hydroxylation sites is 1. The summed E-state index contributed by atoms with van der Waals surface area (Å²) in [7, 11) is 1.74. The number of pyridine rings is 1. The van der Waals surface area contributed by atoms with Crippen molar-refractivity contribution >= 4 is 17.6 Å². The van der Waals surface area contributed by atoms with Gasteiger partial charge in [-0.2, -0.15) is 0 Å². The summed E-state index contributed by atoms with van der Waals surface area (Å²) in [4.78, 5) is 11.6.